The van der Waals surface area contributed by atoms with Gasteiger partial charge in [-0.05, 0) is 0 Å². The van der Waals surface area contributed by atoms with Crippen molar-refractivity contribution < 1.29 is 39.5 Å². The van der Waals surface area contributed by atoms with Gasteiger partial charge in [0.05, 0.1) is 31.0 Å². The normalized spacial score (nSPS) is 7.25. The zero-order valence-corrected chi connectivity index (χ0v) is 12.7. The van der Waals surface area contributed by atoms with E-state index < -0.39 is 11.9 Å². The van der Waals surface area contributed by atoms with Gasteiger partial charge in [-0.3, -0.25) is 14.4 Å². The lowest BCUT2D eigenvalue weighted by molar-refractivity contribution is -0.136. The van der Waals surface area contributed by atoms with E-state index in [2.05, 4.69) is 36.6 Å². The Kier molecular flexibility index (Phi) is 35.8. The molecule has 0 saturated heterocycles. The first-order valence-corrected chi connectivity index (χ1v) is 6.14. The van der Waals surface area contributed by atoms with Gasteiger partial charge in [0.2, 0.25) is 0 Å². The molecule has 0 aromatic carbocycles. The maximum atomic E-state index is 9.75. The third kappa shape index (κ3) is 91.0. The Balaban J connectivity index is -0.0000000862. The Hall–Kier alpha value is -1.23. The number of carboxylic acids is 2. The summed E-state index contributed by atoms with van der Waals surface area (Å²) < 4.78 is 4.17. The Labute approximate surface area is 127 Å². The summed E-state index contributed by atoms with van der Waals surface area (Å²) in [7, 11) is 0. The van der Waals surface area contributed by atoms with E-state index in [0.717, 1.165) is 6.26 Å². The Morgan fingerprint density at radius 2 is 1.30 bits per heavy atom. The second-order valence-corrected chi connectivity index (χ2v) is 2.96. The van der Waals surface area contributed by atoms with Crippen molar-refractivity contribution in [3.8, 4) is 0 Å². The summed E-state index contributed by atoms with van der Waals surface area (Å²) in [4.78, 5) is 28.3. The summed E-state index contributed by atoms with van der Waals surface area (Å²) >= 11 is 6.83. The SMILES string of the molecule is C=COC(C)=O.O=C(O)CS.O=C(O)CS.OCCO. The minimum atomic E-state index is -0.881. The van der Waals surface area contributed by atoms with E-state index in [9.17, 15) is 14.4 Å². The molecule has 8 nitrogen and oxygen atoms in total. The number of esters is 1. The van der Waals surface area contributed by atoms with Crippen molar-refractivity contribution in [1.82, 2.24) is 0 Å². The molecule has 0 aliphatic carbocycles. The molecular weight excluding hydrogens is 312 g/mol. The monoisotopic (exact) mass is 332 g/mol. The largest absolute Gasteiger partial charge is 0.481 e. The molecule has 0 bridgehead atoms. The first-order valence-electron chi connectivity index (χ1n) is 4.88. The van der Waals surface area contributed by atoms with Gasteiger partial charge in [-0.15, -0.1) is 0 Å². The summed E-state index contributed by atoms with van der Waals surface area (Å²) in [5.41, 5.74) is 0. The van der Waals surface area contributed by atoms with Crippen LogP contribution >= 0.6 is 25.3 Å². The van der Waals surface area contributed by atoms with Crippen molar-refractivity contribution in [1.29, 1.82) is 0 Å². The zero-order chi connectivity index (χ0) is 17.0. The Morgan fingerprint density at radius 3 is 1.30 bits per heavy atom. The molecule has 0 radical (unpaired) electrons. The molecule has 10 heteroatoms. The van der Waals surface area contributed by atoms with Crippen LogP contribution in [0.2, 0.25) is 0 Å². The molecule has 0 aliphatic heterocycles. The predicted octanol–water partition coefficient (Wildman–Crippen LogP) is -0.334. The number of ether oxygens (including phenoxy) is 1. The van der Waals surface area contributed by atoms with Crippen molar-refractivity contribution in [3.63, 3.8) is 0 Å². The van der Waals surface area contributed by atoms with Crippen molar-refractivity contribution in [3.05, 3.63) is 12.8 Å². The van der Waals surface area contributed by atoms with E-state index in [1.807, 2.05) is 0 Å². The molecule has 0 spiro atoms. The number of rotatable bonds is 4. The highest BCUT2D eigenvalue weighted by Gasteiger charge is 1.82. The number of aliphatic carboxylic acids is 2. The van der Waals surface area contributed by atoms with Gasteiger partial charge in [-0.25, -0.2) is 0 Å². The van der Waals surface area contributed by atoms with Crippen LogP contribution in [0.15, 0.2) is 12.8 Å². The molecule has 0 amide bonds. The quantitative estimate of drug-likeness (QED) is 0.233. The average molecular weight is 332 g/mol. The van der Waals surface area contributed by atoms with Crippen LogP contribution in [-0.2, 0) is 19.1 Å². The lowest BCUT2D eigenvalue weighted by Gasteiger charge is -1.83. The molecule has 120 valence electrons. The van der Waals surface area contributed by atoms with Gasteiger partial charge in [0.15, 0.2) is 0 Å². The fourth-order valence-electron chi connectivity index (χ4n) is 0.117. The van der Waals surface area contributed by atoms with Gasteiger partial charge in [0, 0.05) is 6.92 Å². The highest BCUT2D eigenvalue weighted by molar-refractivity contribution is 7.81. The molecule has 0 unspecified atom stereocenters. The third-order valence-corrected chi connectivity index (χ3v) is 1.16. The highest BCUT2D eigenvalue weighted by atomic mass is 32.1. The topological polar surface area (TPSA) is 141 Å². The molecule has 0 aromatic heterocycles. The number of carbonyl (C=O) groups is 3. The van der Waals surface area contributed by atoms with Crippen LogP contribution in [0.1, 0.15) is 6.92 Å². The van der Waals surface area contributed by atoms with Gasteiger partial charge in [-0.1, -0.05) is 6.58 Å². The molecule has 0 saturated carbocycles. The Bertz CT molecular complexity index is 242. The van der Waals surface area contributed by atoms with Crippen LogP contribution in [0.5, 0.6) is 0 Å². The van der Waals surface area contributed by atoms with Crippen molar-refractivity contribution in [2.45, 2.75) is 6.92 Å². The lowest BCUT2D eigenvalue weighted by atomic mass is 10.8. The van der Waals surface area contributed by atoms with Crippen molar-refractivity contribution >= 4 is 43.2 Å². The molecule has 0 fully saturated rings. The zero-order valence-electron chi connectivity index (χ0n) is 10.9. The van der Waals surface area contributed by atoms with Crippen LogP contribution in [0.3, 0.4) is 0 Å². The van der Waals surface area contributed by atoms with Crippen molar-refractivity contribution in [2.75, 3.05) is 24.7 Å². The first kappa shape index (κ1) is 27.2. The summed E-state index contributed by atoms with van der Waals surface area (Å²) in [6, 6.07) is 0. The van der Waals surface area contributed by atoms with Gasteiger partial charge in [-0.2, -0.15) is 25.3 Å². The molecular formula is C10H20O8S2. The van der Waals surface area contributed by atoms with E-state index in [1.165, 1.54) is 6.92 Å². The van der Waals surface area contributed by atoms with E-state index >= 15 is 0 Å². The van der Waals surface area contributed by atoms with Gasteiger partial charge in [0.1, 0.15) is 0 Å². The minimum Gasteiger partial charge on any atom is -0.481 e. The second kappa shape index (κ2) is 26.4. The average Bonchev–Trinajstić information content (AvgIpc) is 2.40. The number of hydrogen-bond acceptors (Lipinski definition) is 8. The van der Waals surface area contributed by atoms with Crippen LogP contribution in [-0.4, -0.2) is 63.1 Å². The fraction of sp³-hybridized carbons (Fsp3) is 0.500. The summed E-state index contributed by atoms with van der Waals surface area (Å²) in [5.74, 6) is -2.26. The number of carboxylic acid groups (broad SMARTS) is 2. The first-order chi connectivity index (χ1) is 9.22. The van der Waals surface area contributed by atoms with E-state index in [1.54, 1.807) is 0 Å². The van der Waals surface area contributed by atoms with E-state index in [-0.39, 0.29) is 30.7 Å². The standard InChI is InChI=1S/C4H6O2.2C2H4O2S.C2H6O2/c1-3-6-4(2)5;2*3-2(4)1-5;3-1-2-4/h3H,1H2,2H3;2*5H,1H2,(H,3,4);3-4H,1-2H2. The maximum absolute atomic E-state index is 9.75. The molecule has 4 N–H and O–H groups in total. The van der Waals surface area contributed by atoms with E-state index in [4.69, 9.17) is 20.4 Å². The maximum Gasteiger partial charge on any atom is 0.313 e. The second-order valence-electron chi connectivity index (χ2n) is 2.33. The van der Waals surface area contributed by atoms with Crippen LogP contribution in [0.4, 0.5) is 0 Å². The lowest BCUT2D eigenvalue weighted by Crippen LogP contribution is -1.92. The summed E-state index contributed by atoms with van der Waals surface area (Å²) in [6.45, 7) is 4.23. The van der Waals surface area contributed by atoms with Crippen LogP contribution in [0.25, 0.3) is 0 Å². The molecule has 0 aromatic rings. The van der Waals surface area contributed by atoms with Gasteiger partial charge >= 0.3 is 17.9 Å². The molecule has 0 heterocycles. The molecule has 20 heavy (non-hydrogen) atoms. The minimum absolute atomic E-state index is 0.0833. The number of thiol groups is 2. The summed E-state index contributed by atoms with van der Waals surface area (Å²) in [5, 5.41) is 30.5. The number of aliphatic hydroxyl groups is 2. The fourth-order valence-corrected chi connectivity index (χ4v) is 0.117. The third-order valence-electron chi connectivity index (χ3n) is 0.620. The highest BCUT2D eigenvalue weighted by Crippen LogP contribution is 1.70. The van der Waals surface area contributed by atoms with Crippen LogP contribution < -0.4 is 0 Å². The molecule has 0 aliphatic rings. The van der Waals surface area contributed by atoms with Gasteiger partial charge in [0.25, 0.3) is 0 Å². The Morgan fingerprint density at radius 1 is 1.05 bits per heavy atom. The number of hydrogen-bond donors (Lipinski definition) is 6. The van der Waals surface area contributed by atoms with Crippen molar-refractivity contribution in [2.24, 2.45) is 0 Å². The molecule has 0 rings (SSSR count). The smallest absolute Gasteiger partial charge is 0.313 e. The number of aliphatic hydroxyl groups excluding tert-OH is 2. The van der Waals surface area contributed by atoms with Crippen LogP contribution in [0, 0.1) is 0 Å². The molecule has 0 atom stereocenters. The predicted molar refractivity (Wildman–Crippen MR) is 79.1 cm³/mol. The van der Waals surface area contributed by atoms with E-state index in [0.29, 0.717) is 0 Å². The number of carbonyl (C=O) groups excluding carboxylic acids is 1. The summed E-state index contributed by atoms with van der Waals surface area (Å²) in [6.07, 6.45) is 1.10. The van der Waals surface area contributed by atoms with Gasteiger partial charge < -0.3 is 25.2 Å².